The van der Waals surface area contributed by atoms with Crippen molar-refractivity contribution in [1.29, 1.82) is 0 Å². The smallest absolute Gasteiger partial charge is 0.240 e. The number of H-pyrrole nitrogens is 1. The predicted octanol–water partition coefficient (Wildman–Crippen LogP) is -2.66. The van der Waals surface area contributed by atoms with Gasteiger partial charge in [-0.15, -0.1) is 0 Å². The fourth-order valence-corrected chi connectivity index (χ4v) is 3.28. The summed E-state index contributed by atoms with van der Waals surface area (Å²) in [6.07, 6.45) is -4.01. The van der Waals surface area contributed by atoms with E-state index < -0.39 is 49.2 Å². The quantitative estimate of drug-likeness (QED) is 0.156. The maximum absolute atomic E-state index is 11.6. The van der Waals surface area contributed by atoms with Crippen LogP contribution >= 0.6 is 12.2 Å². The molecule has 0 saturated carbocycles. The monoisotopic (exact) mass is 467 g/mol. The molecule has 1 aliphatic rings. The number of amides is 1. The number of hydrogen-bond acceptors (Lipinski definition) is 11. The van der Waals surface area contributed by atoms with Crippen LogP contribution in [0.1, 0.15) is 13.2 Å². The predicted molar refractivity (Wildman–Crippen MR) is 115 cm³/mol. The van der Waals surface area contributed by atoms with E-state index in [2.05, 4.69) is 37.4 Å². The molecule has 2 aromatic heterocycles. The highest BCUT2D eigenvalue weighted by atomic mass is 32.1. The average Bonchev–Trinajstić information content (AvgIpc) is 3.31. The van der Waals surface area contributed by atoms with Crippen LogP contribution < -0.4 is 16.4 Å². The Kier molecular flexibility index (Phi) is 7.74. The van der Waals surface area contributed by atoms with Crippen molar-refractivity contribution in [3.8, 4) is 11.8 Å². The molecule has 0 spiro atoms. The summed E-state index contributed by atoms with van der Waals surface area (Å²) < 4.78 is 7.20. The molecule has 3 unspecified atom stereocenters. The molecule has 1 saturated heterocycles. The lowest BCUT2D eigenvalue weighted by Crippen LogP contribution is -2.47. The third kappa shape index (κ3) is 5.05. The van der Waals surface area contributed by atoms with Gasteiger partial charge in [-0.3, -0.25) is 9.36 Å². The van der Waals surface area contributed by atoms with Gasteiger partial charge in [0.2, 0.25) is 11.9 Å². The van der Waals surface area contributed by atoms with Gasteiger partial charge in [0.25, 0.3) is 0 Å². The minimum absolute atomic E-state index is 0.0570. The standard InChI is InChI=1S/C18H25N7O6S/c1-8(27)10(19)15(30)20-4-2-3-5-21-18-23-14-11(16(32)24-18)22-7-25(14)17-13(29)12(28)9(6-26)31-17/h7-10,12-13,17,26-29H,4-6,19H2,1H3,(H,20,30)(H2,21,23,24,32)/t8?,9-,10?,12+,13?,17-/m1/s1. The van der Waals surface area contributed by atoms with E-state index in [1.54, 1.807) is 0 Å². The molecular formula is C18H25N7O6S. The molecule has 1 aliphatic heterocycles. The second kappa shape index (κ2) is 10.3. The van der Waals surface area contributed by atoms with E-state index in [-0.39, 0.29) is 23.7 Å². The van der Waals surface area contributed by atoms with Crippen molar-refractivity contribution < 1.29 is 30.0 Å². The number of nitrogens with zero attached hydrogens (tertiary/aromatic N) is 3. The minimum atomic E-state index is -1.28. The SMILES string of the molecule is CC(O)C(N)C(=O)NCC#CCNc1nc(=S)c2ncn([C@@H]3O[C@H](CO)[C@H](O)C3O)c2[nH]1. The Morgan fingerprint density at radius 3 is 2.78 bits per heavy atom. The van der Waals surface area contributed by atoms with Gasteiger partial charge in [0.1, 0.15) is 35.5 Å². The average molecular weight is 468 g/mol. The van der Waals surface area contributed by atoms with Crippen LogP contribution in [-0.4, -0.2) is 96.0 Å². The van der Waals surface area contributed by atoms with E-state index in [4.69, 9.17) is 22.7 Å². The molecule has 32 heavy (non-hydrogen) atoms. The van der Waals surface area contributed by atoms with Crippen molar-refractivity contribution in [3.63, 3.8) is 0 Å². The summed E-state index contributed by atoms with van der Waals surface area (Å²) in [7, 11) is 0. The second-order valence-electron chi connectivity index (χ2n) is 7.16. The van der Waals surface area contributed by atoms with Crippen LogP contribution in [0.5, 0.6) is 0 Å². The van der Waals surface area contributed by atoms with E-state index in [0.29, 0.717) is 11.2 Å². The first-order valence-electron chi connectivity index (χ1n) is 9.74. The largest absolute Gasteiger partial charge is 0.394 e. The molecule has 6 atom stereocenters. The molecule has 0 bridgehead atoms. The number of imidazole rings is 1. The van der Waals surface area contributed by atoms with Gasteiger partial charge >= 0.3 is 0 Å². The van der Waals surface area contributed by atoms with Crippen LogP contribution in [0.2, 0.25) is 0 Å². The molecule has 174 valence electrons. The third-order valence-electron chi connectivity index (χ3n) is 4.88. The van der Waals surface area contributed by atoms with Gasteiger partial charge in [-0.25, -0.2) is 9.97 Å². The number of ether oxygens (including phenoxy) is 1. The van der Waals surface area contributed by atoms with E-state index in [1.165, 1.54) is 17.8 Å². The molecule has 13 nitrogen and oxygen atoms in total. The number of aromatic nitrogens is 4. The van der Waals surface area contributed by atoms with Crippen molar-refractivity contribution in [2.24, 2.45) is 5.73 Å². The fourth-order valence-electron chi connectivity index (χ4n) is 3.04. The Balaban J connectivity index is 1.66. The highest BCUT2D eigenvalue weighted by Crippen LogP contribution is 2.31. The molecule has 1 fully saturated rings. The van der Waals surface area contributed by atoms with Gasteiger partial charge < -0.3 is 46.5 Å². The Bertz CT molecular complexity index is 1080. The van der Waals surface area contributed by atoms with Crippen molar-refractivity contribution in [3.05, 3.63) is 11.0 Å². The van der Waals surface area contributed by atoms with Crippen LogP contribution in [-0.2, 0) is 9.53 Å². The number of aromatic amines is 1. The summed E-state index contributed by atoms with van der Waals surface area (Å²) in [6.45, 7) is 1.20. The molecule has 0 aliphatic carbocycles. The number of aliphatic hydroxyl groups is 4. The lowest BCUT2D eigenvalue weighted by atomic mass is 10.1. The summed E-state index contributed by atoms with van der Waals surface area (Å²) in [5, 5.41) is 44.3. The van der Waals surface area contributed by atoms with Gasteiger partial charge in [-0.05, 0) is 6.92 Å². The number of fused-ring (bicyclic) bond motifs is 1. The fraction of sp³-hybridized carbons (Fsp3) is 0.556. The topological polar surface area (TPSA) is 204 Å². The van der Waals surface area contributed by atoms with E-state index in [0.717, 1.165) is 0 Å². The molecule has 3 heterocycles. The molecular weight excluding hydrogens is 442 g/mol. The van der Waals surface area contributed by atoms with Gasteiger partial charge in [0.15, 0.2) is 10.9 Å². The molecule has 1 amide bonds. The maximum Gasteiger partial charge on any atom is 0.240 e. The van der Waals surface area contributed by atoms with E-state index in [1.807, 2.05) is 0 Å². The highest BCUT2D eigenvalue weighted by molar-refractivity contribution is 7.71. The molecule has 2 aromatic rings. The Hall–Kier alpha value is -2.64. The third-order valence-corrected chi connectivity index (χ3v) is 5.17. The molecule has 0 radical (unpaired) electrons. The first-order chi connectivity index (χ1) is 15.2. The number of anilines is 1. The number of rotatable bonds is 7. The van der Waals surface area contributed by atoms with Gasteiger partial charge in [0.05, 0.1) is 32.1 Å². The van der Waals surface area contributed by atoms with Crippen LogP contribution in [0, 0.1) is 16.5 Å². The number of nitrogens with two attached hydrogens (primary N) is 1. The number of carbonyl (C=O) groups excluding carboxylic acids is 1. The zero-order valence-electron chi connectivity index (χ0n) is 17.1. The number of carbonyl (C=O) groups is 1. The van der Waals surface area contributed by atoms with Crippen molar-refractivity contribution >= 4 is 35.2 Å². The van der Waals surface area contributed by atoms with Crippen molar-refractivity contribution in [2.75, 3.05) is 25.0 Å². The van der Waals surface area contributed by atoms with Gasteiger partial charge in [0, 0.05) is 0 Å². The first kappa shape index (κ1) is 24.0. The number of aliphatic hydroxyl groups excluding tert-OH is 4. The molecule has 0 aromatic carbocycles. The second-order valence-corrected chi connectivity index (χ2v) is 7.55. The maximum atomic E-state index is 11.6. The van der Waals surface area contributed by atoms with Gasteiger partial charge in [-0.2, -0.15) is 0 Å². The Morgan fingerprint density at radius 2 is 2.12 bits per heavy atom. The van der Waals surface area contributed by atoms with Gasteiger partial charge in [-0.1, -0.05) is 24.1 Å². The van der Waals surface area contributed by atoms with Crippen LogP contribution in [0.3, 0.4) is 0 Å². The number of nitrogens with one attached hydrogen (secondary N) is 3. The lowest BCUT2D eigenvalue weighted by molar-refractivity contribution is -0.124. The number of hydrogen-bond donors (Lipinski definition) is 8. The molecule has 9 N–H and O–H groups in total. The summed E-state index contributed by atoms with van der Waals surface area (Å²) in [5.74, 6) is 5.31. The van der Waals surface area contributed by atoms with E-state index in [9.17, 15) is 25.2 Å². The summed E-state index contributed by atoms with van der Waals surface area (Å²) in [6, 6.07) is -1.02. The minimum Gasteiger partial charge on any atom is -0.394 e. The first-order valence-corrected chi connectivity index (χ1v) is 10.2. The highest BCUT2D eigenvalue weighted by Gasteiger charge is 2.43. The van der Waals surface area contributed by atoms with Crippen LogP contribution in [0.4, 0.5) is 5.95 Å². The van der Waals surface area contributed by atoms with Crippen LogP contribution in [0.15, 0.2) is 6.33 Å². The summed E-state index contributed by atoms with van der Waals surface area (Å²) in [5.41, 5.74) is 6.28. The van der Waals surface area contributed by atoms with Crippen molar-refractivity contribution in [2.45, 2.75) is 43.6 Å². The summed E-state index contributed by atoms with van der Waals surface area (Å²) in [4.78, 5) is 23.0. The normalized spacial score (nSPS) is 24.6. The lowest BCUT2D eigenvalue weighted by Gasteiger charge is -2.17. The Morgan fingerprint density at radius 1 is 1.41 bits per heavy atom. The van der Waals surface area contributed by atoms with Crippen LogP contribution in [0.25, 0.3) is 11.2 Å². The molecule has 3 rings (SSSR count). The Labute approximate surface area is 187 Å². The van der Waals surface area contributed by atoms with Crippen molar-refractivity contribution in [1.82, 2.24) is 24.8 Å². The summed E-state index contributed by atoms with van der Waals surface area (Å²) >= 11 is 5.27. The zero-order valence-corrected chi connectivity index (χ0v) is 17.9. The van der Waals surface area contributed by atoms with E-state index >= 15 is 0 Å². The molecule has 14 heteroatoms. The zero-order chi connectivity index (χ0) is 23.4.